The summed E-state index contributed by atoms with van der Waals surface area (Å²) in [4.78, 5) is 28.8. The molecule has 0 aromatic heterocycles. The molecule has 0 bridgehead atoms. The normalized spacial score (nSPS) is 35.6. The van der Waals surface area contributed by atoms with Gasteiger partial charge in [0.1, 0.15) is 5.54 Å². The lowest BCUT2D eigenvalue weighted by molar-refractivity contribution is -0.164. The van der Waals surface area contributed by atoms with Gasteiger partial charge in [0.2, 0.25) is 5.78 Å². The van der Waals surface area contributed by atoms with E-state index in [9.17, 15) is 9.59 Å². The van der Waals surface area contributed by atoms with E-state index in [4.69, 9.17) is 21.7 Å². The molecule has 1 aliphatic carbocycles. The van der Waals surface area contributed by atoms with Crippen LogP contribution in [0.3, 0.4) is 0 Å². The van der Waals surface area contributed by atoms with Gasteiger partial charge >= 0.3 is 5.97 Å². The van der Waals surface area contributed by atoms with Crippen LogP contribution in [0.2, 0.25) is 0 Å². The molecule has 2 spiro atoms. The first-order valence-electron chi connectivity index (χ1n) is 8.46. The number of esters is 1. The molecule has 2 saturated heterocycles. The smallest absolute Gasteiger partial charge is 0.338 e. The van der Waals surface area contributed by atoms with Gasteiger partial charge in [-0.05, 0) is 57.1 Å². The number of methoxy groups -OCH3 is 1. The van der Waals surface area contributed by atoms with Crippen LogP contribution in [0.15, 0.2) is 22.5 Å². The maximum absolute atomic E-state index is 13.4. The first-order chi connectivity index (χ1) is 11.4. The van der Waals surface area contributed by atoms with E-state index in [0.29, 0.717) is 16.9 Å². The van der Waals surface area contributed by atoms with Crippen LogP contribution < -0.4 is 0 Å². The van der Waals surface area contributed by atoms with Gasteiger partial charge < -0.3 is 14.4 Å². The number of ketones is 1. The predicted molar refractivity (Wildman–Crippen MR) is 91.4 cm³/mol. The number of rotatable bonds is 1. The molecule has 0 saturated carbocycles. The molecule has 3 heterocycles. The van der Waals surface area contributed by atoms with Crippen LogP contribution in [0.1, 0.15) is 46.0 Å². The summed E-state index contributed by atoms with van der Waals surface area (Å²) in [5, 5.41) is 0. The first-order valence-corrected chi connectivity index (χ1v) is 8.87. The van der Waals surface area contributed by atoms with Gasteiger partial charge in [0.15, 0.2) is 5.76 Å². The van der Waals surface area contributed by atoms with E-state index in [-0.39, 0.29) is 5.78 Å². The second-order valence-electron chi connectivity index (χ2n) is 7.02. The minimum absolute atomic E-state index is 0.142. The third-order valence-electron chi connectivity index (χ3n) is 6.11. The van der Waals surface area contributed by atoms with Gasteiger partial charge in [-0.15, -0.1) is 0 Å². The highest BCUT2D eigenvalue weighted by atomic mass is 32.1. The van der Waals surface area contributed by atoms with E-state index < -0.39 is 17.1 Å². The Morgan fingerprint density at radius 3 is 2.62 bits per heavy atom. The first kappa shape index (κ1) is 15.8. The lowest BCUT2D eigenvalue weighted by atomic mass is 9.73. The average molecular weight is 347 g/mol. The number of hydrogen-bond acceptors (Lipinski definition) is 5. The highest BCUT2D eigenvalue weighted by Gasteiger charge is 2.75. The second-order valence-corrected chi connectivity index (χ2v) is 7.50. The fraction of sp³-hybridized carbons (Fsp3) is 0.611. The lowest BCUT2D eigenvalue weighted by Crippen LogP contribution is -2.64. The largest absolute Gasteiger partial charge is 0.496 e. The summed E-state index contributed by atoms with van der Waals surface area (Å²) in [5.74, 6) is -0.245. The zero-order valence-electron chi connectivity index (χ0n) is 14.2. The Kier molecular flexibility index (Phi) is 3.24. The molecule has 0 aromatic carbocycles. The van der Waals surface area contributed by atoms with Gasteiger partial charge in [0, 0.05) is 6.54 Å². The maximum Gasteiger partial charge on any atom is 0.338 e. The zero-order valence-corrected chi connectivity index (χ0v) is 15.0. The van der Waals surface area contributed by atoms with Crippen molar-refractivity contribution in [3.63, 3.8) is 0 Å². The van der Waals surface area contributed by atoms with Crippen LogP contribution in [0.4, 0.5) is 0 Å². The Hall–Kier alpha value is -1.69. The van der Waals surface area contributed by atoms with Crippen LogP contribution in [-0.2, 0) is 19.1 Å². The quantitative estimate of drug-likeness (QED) is 0.536. The molecule has 5 nitrogen and oxygen atoms in total. The number of ether oxygens (including phenoxy) is 2. The molecule has 2 atom stereocenters. The van der Waals surface area contributed by atoms with Gasteiger partial charge in [-0.3, -0.25) is 4.79 Å². The van der Waals surface area contributed by atoms with Crippen LogP contribution >= 0.6 is 12.2 Å². The summed E-state index contributed by atoms with van der Waals surface area (Å²) in [6.45, 7) is 4.31. The molecule has 6 heteroatoms. The van der Waals surface area contributed by atoms with E-state index >= 15 is 0 Å². The molecule has 0 amide bonds. The van der Waals surface area contributed by atoms with Crippen molar-refractivity contribution < 1.29 is 19.1 Å². The standard InChI is InChI=1S/C18H21NO4S/c1-10-12-6-4-7-13(24)19-9-5-8-17(12,19)18(14(10)20)15(22-3)11(2)16(21)23-18/h4-9H2,1-3H3/t17-,18+/m0/s1. The van der Waals surface area contributed by atoms with E-state index in [1.807, 2.05) is 6.92 Å². The predicted octanol–water partition coefficient (Wildman–Crippen LogP) is 2.45. The Balaban J connectivity index is 2.05. The number of thiocarbonyl (C=S) groups is 1. The number of Topliss-reactive ketones (excluding diaryl/α,β-unsaturated/α-hetero) is 1. The van der Waals surface area contributed by atoms with Crippen molar-refractivity contribution in [3.05, 3.63) is 22.5 Å². The van der Waals surface area contributed by atoms with Gasteiger partial charge in [0.25, 0.3) is 5.60 Å². The molecule has 2 fully saturated rings. The zero-order chi connectivity index (χ0) is 17.3. The summed E-state index contributed by atoms with van der Waals surface area (Å²) >= 11 is 5.67. The Morgan fingerprint density at radius 2 is 1.92 bits per heavy atom. The molecular formula is C18H21NO4S. The molecule has 4 aliphatic rings. The third kappa shape index (κ3) is 1.49. The summed E-state index contributed by atoms with van der Waals surface area (Å²) in [6.07, 6.45) is 4.23. The molecule has 3 aliphatic heterocycles. The van der Waals surface area contributed by atoms with Crippen molar-refractivity contribution in [2.75, 3.05) is 13.7 Å². The summed E-state index contributed by atoms with van der Waals surface area (Å²) in [5.41, 5.74) is 0.0927. The lowest BCUT2D eigenvalue weighted by Gasteiger charge is -2.46. The van der Waals surface area contributed by atoms with Crippen molar-refractivity contribution >= 4 is 29.0 Å². The molecular weight excluding hydrogens is 326 g/mol. The van der Waals surface area contributed by atoms with E-state index in [0.717, 1.165) is 49.2 Å². The van der Waals surface area contributed by atoms with Gasteiger partial charge in [0.05, 0.1) is 17.7 Å². The summed E-state index contributed by atoms with van der Waals surface area (Å²) in [6, 6.07) is 0. The molecule has 0 unspecified atom stereocenters. The van der Waals surface area contributed by atoms with E-state index in [1.165, 1.54) is 7.11 Å². The number of hydrogen-bond donors (Lipinski definition) is 0. The second kappa shape index (κ2) is 4.91. The van der Waals surface area contributed by atoms with Crippen molar-refractivity contribution in [2.24, 2.45) is 0 Å². The van der Waals surface area contributed by atoms with Gasteiger partial charge in [-0.25, -0.2) is 4.79 Å². The molecule has 128 valence electrons. The van der Waals surface area contributed by atoms with Crippen molar-refractivity contribution in [1.82, 2.24) is 4.90 Å². The van der Waals surface area contributed by atoms with Crippen LogP contribution in [0.25, 0.3) is 0 Å². The SMILES string of the molecule is COC1=C(C)C(=O)O[C@]12C(=O)C(C)=C1CCCC(=S)N3CCC[C@@]132. The summed E-state index contributed by atoms with van der Waals surface area (Å²) < 4.78 is 11.5. The minimum Gasteiger partial charge on any atom is -0.496 e. The van der Waals surface area contributed by atoms with Crippen LogP contribution in [-0.4, -0.2) is 46.4 Å². The van der Waals surface area contributed by atoms with Crippen LogP contribution in [0, 0.1) is 0 Å². The average Bonchev–Trinajstić information content (AvgIpc) is 3.12. The maximum atomic E-state index is 13.4. The number of carbonyl (C=O) groups excluding carboxylic acids is 2. The Morgan fingerprint density at radius 1 is 1.17 bits per heavy atom. The fourth-order valence-corrected chi connectivity index (χ4v) is 5.62. The van der Waals surface area contributed by atoms with Gasteiger partial charge in [-0.1, -0.05) is 12.2 Å². The molecule has 4 rings (SSSR count). The monoisotopic (exact) mass is 347 g/mol. The summed E-state index contributed by atoms with van der Waals surface area (Å²) in [7, 11) is 1.51. The highest BCUT2D eigenvalue weighted by Crippen LogP contribution is 2.60. The Bertz CT molecular complexity index is 752. The third-order valence-corrected chi connectivity index (χ3v) is 6.54. The highest BCUT2D eigenvalue weighted by molar-refractivity contribution is 7.80. The van der Waals surface area contributed by atoms with Gasteiger partial charge in [-0.2, -0.15) is 0 Å². The topological polar surface area (TPSA) is 55.8 Å². The van der Waals surface area contributed by atoms with Crippen LogP contribution in [0.5, 0.6) is 0 Å². The fourth-order valence-electron chi connectivity index (χ4n) is 5.23. The molecule has 0 radical (unpaired) electrons. The van der Waals surface area contributed by atoms with E-state index in [2.05, 4.69) is 4.90 Å². The van der Waals surface area contributed by atoms with E-state index in [1.54, 1.807) is 6.92 Å². The number of carbonyl (C=O) groups is 2. The molecule has 24 heavy (non-hydrogen) atoms. The van der Waals surface area contributed by atoms with Crippen molar-refractivity contribution in [3.8, 4) is 0 Å². The van der Waals surface area contributed by atoms with Crippen molar-refractivity contribution in [2.45, 2.75) is 57.1 Å². The number of nitrogens with zero attached hydrogens (tertiary/aromatic N) is 1. The molecule has 0 N–H and O–H groups in total. The molecule has 0 aromatic rings. The van der Waals surface area contributed by atoms with Crippen molar-refractivity contribution in [1.29, 1.82) is 0 Å². The minimum atomic E-state index is -1.40. The Labute approximate surface area is 146 Å².